The van der Waals surface area contributed by atoms with Crippen LogP contribution in [0.1, 0.15) is 18.9 Å². The third kappa shape index (κ3) is 3.71. The molecule has 1 saturated heterocycles. The first-order valence-electron chi connectivity index (χ1n) is 10.8. The molecule has 3 aromatic rings. The molecule has 33 heavy (non-hydrogen) atoms. The van der Waals surface area contributed by atoms with Gasteiger partial charge in [-0.3, -0.25) is 19.3 Å². The number of para-hydroxylation sites is 3. The van der Waals surface area contributed by atoms with Crippen molar-refractivity contribution in [3.05, 3.63) is 60.3 Å². The molecule has 5 amide bonds. The zero-order valence-corrected chi connectivity index (χ0v) is 18.0. The summed E-state index contributed by atoms with van der Waals surface area (Å²) in [6.07, 6.45) is 2.27. The van der Waals surface area contributed by atoms with E-state index < -0.39 is 36.5 Å². The van der Waals surface area contributed by atoms with Crippen LogP contribution in [-0.4, -0.2) is 52.3 Å². The second-order valence-electron chi connectivity index (χ2n) is 8.37. The maximum atomic E-state index is 13.3. The summed E-state index contributed by atoms with van der Waals surface area (Å²) in [6.45, 7) is 1.37. The van der Waals surface area contributed by atoms with Gasteiger partial charge in [0.05, 0.1) is 11.4 Å². The summed E-state index contributed by atoms with van der Waals surface area (Å²) in [4.78, 5) is 56.7. The summed E-state index contributed by atoms with van der Waals surface area (Å²) < 4.78 is 0. The van der Waals surface area contributed by atoms with Crippen molar-refractivity contribution >= 4 is 46.0 Å². The fourth-order valence-corrected chi connectivity index (χ4v) is 4.56. The minimum atomic E-state index is -0.749. The van der Waals surface area contributed by atoms with Gasteiger partial charge in [0.25, 0.3) is 5.91 Å². The van der Waals surface area contributed by atoms with Crippen molar-refractivity contribution in [3.8, 4) is 0 Å². The second-order valence-corrected chi connectivity index (χ2v) is 8.37. The molecule has 3 heterocycles. The molecule has 0 saturated carbocycles. The van der Waals surface area contributed by atoms with Crippen LogP contribution in [0.3, 0.4) is 0 Å². The highest BCUT2D eigenvalue weighted by Gasteiger charge is 2.41. The Labute approximate surface area is 189 Å². The highest BCUT2D eigenvalue weighted by molar-refractivity contribution is 6.10. The smallest absolute Gasteiger partial charge is 0.325 e. The molecule has 2 atom stereocenters. The number of aromatic nitrogens is 1. The van der Waals surface area contributed by atoms with E-state index in [1.165, 1.54) is 4.90 Å². The van der Waals surface area contributed by atoms with Crippen LogP contribution in [0.4, 0.5) is 16.2 Å². The number of nitrogens with zero attached hydrogens (tertiary/aromatic N) is 2. The first kappa shape index (κ1) is 20.7. The number of imide groups is 1. The van der Waals surface area contributed by atoms with Gasteiger partial charge in [-0.25, -0.2) is 4.79 Å². The van der Waals surface area contributed by atoms with Gasteiger partial charge in [-0.15, -0.1) is 0 Å². The number of benzene rings is 2. The van der Waals surface area contributed by atoms with Crippen LogP contribution >= 0.6 is 0 Å². The Kier molecular flexibility index (Phi) is 5.08. The predicted octanol–water partition coefficient (Wildman–Crippen LogP) is 2.39. The molecule has 2 aromatic carbocycles. The number of hydrogen-bond donors (Lipinski definition) is 3. The number of amides is 5. The maximum Gasteiger partial charge on any atom is 0.325 e. The van der Waals surface area contributed by atoms with Crippen LogP contribution in [0.25, 0.3) is 10.9 Å². The van der Waals surface area contributed by atoms with Gasteiger partial charge in [-0.05, 0) is 30.7 Å². The largest absolute Gasteiger partial charge is 0.361 e. The molecule has 2 aliphatic heterocycles. The molecule has 1 fully saturated rings. The van der Waals surface area contributed by atoms with Crippen molar-refractivity contribution in [1.82, 2.24) is 15.2 Å². The number of aromatic amines is 1. The number of fused-ring (bicyclic) bond motifs is 2. The second kappa shape index (κ2) is 8.09. The summed E-state index contributed by atoms with van der Waals surface area (Å²) >= 11 is 0. The number of carbonyl (C=O) groups excluding carboxylic acids is 4. The van der Waals surface area contributed by atoms with Crippen molar-refractivity contribution < 1.29 is 19.2 Å². The summed E-state index contributed by atoms with van der Waals surface area (Å²) in [7, 11) is 0. The van der Waals surface area contributed by atoms with E-state index in [9.17, 15) is 19.2 Å². The van der Waals surface area contributed by atoms with Gasteiger partial charge in [-0.2, -0.15) is 0 Å². The fraction of sp³-hybridized carbons (Fsp3) is 0.250. The van der Waals surface area contributed by atoms with E-state index in [1.807, 2.05) is 30.5 Å². The molecule has 2 aliphatic rings. The summed E-state index contributed by atoms with van der Waals surface area (Å²) in [5.74, 6) is -1.06. The molecule has 9 heteroatoms. The molecule has 9 nitrogen and oxygen atoms in total. The quantitative estimate of drug-likeness (QED) is 0.535. The third-order valence-corrected chi connectivity index (χ3v) is 6.13. The lowest BCUT2D eigenvalue weighted by atomic mass is 10.1. The molecule has 3 N–H and O–H groups in total. The Morgan fingerprint density at radius 2 is 1.82 bits per heavy atom. The number of carbonyl (C=O) groups is 4. The molecule has 0 unspecified atom stereocenters. The Balaban J connectivity index is 1.35. The van der Waals surface area contributed by atoms with E-state index in [1.54, 1.807) is 31.2 Å². The highest BCUT2D eigenvalue weighted by atomic mass is 16.2. The summed E-state index contributed by atoms with van der Waals surface area (Å²) in [5.41, 5.74) is 2.93. The van der Waals surface area contributed by atoms with Crippen molar-refractivity contribution in [1.29, 1.82) is 0 Å². The first-order chi connectivity index (χ1) is 15.9. The Bertz CT molecular complexity index is 1280. The van der Waals surface area contributed by atoms with E-state index in [2.05, 4.69) is 15.6 Å². The zero-order valence-electron chi connectivity index (χ0n) is 18.0. The lowest BCUT2D eigenvalue weighted by Crippen LogP contribution is -2.47. The van der Waals surface area contributed by atoms with Crippen LogP contribution in [-0.2, 0) is 20.8 Å². The number of rotatable bonds is 4. The van der Waals surface area contributed by atoms with Crippen LogP contribution in [0.2, 0.25) is 0 Å². The molecular formula is C24H23N5O4. The van der Waals surface area contributed by atoms with Crippen LogP contribution in [0.5, 0.6) is 0 Å². The van der Waals surface area contributed by atoms with Gasteiger partial charge in [0.15, 0.2) is 0 Å². The van der Waals surface area contributed by atoms with Crippen molar-refractivity contribution in [2.45, 2.75) is 31.8 Å². The van der Waals surface area contributed by atoms with Crippen molar-refractivity contribution in [2.24, 2.45) is 0 Å². The van der Waals surface area contributed by atoms with Crippen LogP contribution in [0.15, 0.2) is 54.7 Å². The SMILES string of the molecule is C[C@@H]1CC(=O)Nc2ccccc2N1C(=O)CN1C(=O)N[C@@H](Cc2c[nH]c3ccccc23)C1=O. The number of urea groups is 1. The minimum absolute atomic E-state index is 0.115. The van der Waals surface area contributed by atoms with E-state index in [4.69, 9.17) is 0 Å². The molecule has 1 aromatic heterocycles. The molecule has 0 spiro atoms. The number of hydrogen-bond acceptors (Lipinski definition) is 4. The van der Waals surface area contributed by atoms with Crippen molar-refractivity contribution in [2.75, 3.05) is 16.8 Å². The predicted molar refractivity (Wildman–Crippen MR) is 123 cm³/mol. The van der Waals surface area contributed by atoms with Crippen LogP contribution in [0, 0.1) is 0 Å². The number of nitrogens with one attached hydrogen (secondary N) is 3. The zero-order chi connectivity index (χ0) is 23.1. The Hall–Kier alpha value is -4.14. The first-order valence-corrected chi connectivity index (χ1v) is 10.8. The van der Waals surface area contributed by atoms with E-state index >= 15 is 0 Å². The van der Waals surface area contributed by atoms with E-state index in [0.717, 1.165) is 21.4 Å². The lowest BCUT2D eigenvalue weighted by molar-refractivity contribution is -0.131. The lowest BCUT2D eigenvalue weighted by Gasteiger charge is -2.29. The Morgan fingerprint density at radius 1 is 1.06 bits per heavy atom. The van der Waals surface area contributed by atoms with E-state index in [0.29, 0.717) is 17.8 Å². The van der Waals surface area contributed by atoms with Crippen LogP contribution < -0.4 is 15.5 Å². The van der Waals surface area contributed by atoms with Gasteiger partial charge in [0.2, 0.25) is 11.8 Å². The Morgan fingerprint density at radius 3 is 2.67 bits per heavy atom. The maximum absolute atomic E-state index is 13.3. The van der Waals surface area contributed by atoms with Gasteiger partial charge >= 0.3 is 6.03 Å². The van der Waals surface area contributed by atoms with Crippen molar-refractivity contribution in [3.63, 3.8) is 0 Å². The third-order valence-electron chi connectivity index (χ3n) is 6.13. The molecule has 0 radical (unpaired) electrons. The summed E-state index contributed by atoms with van der Waals surface area (Å²) in [6, 6.07) is 13.0. The summed E-state index contributed by atoms with van der Waals surface area (Å²) in [5, 5.41) is 6.49. The monoisotopic (exact) mass is 445 g/mol. The molecular weight excluding hydrogens is 422 g/mol. The molecule has 5 rings (SSSR count). The standard InChI is InChI=1S/C24H23N5O4/c1-14-10-21(30)26-18-8-4-5-9-20(18)29(14)22(31)13-28-23(32)19(27-24(28)33)11-15-12-25-17-7-3-2-6-16(15)17/h2-9,12,14,19,25H,10-11,13H2,1H3,(H,26,30)(H,27,33)/t14-,19+/m1/s1. The van der Waals surface area contributed by atoms with Gasteiger partial charge in [-0.1, -0.05) is 30.3 Å². The van der Waals surface area contributed by atoms with Gasteiger partial charge in [0.1, 0.15) is 12.6 Å². The highest BCUT2D eigenvalue weighted by Crippen LogP contribution is 2.31. The topological polar surface area (TPSA) is 115 Å². The number of H-pyrrole nitrogens is 1. The minimum Gasteiger partial charge on any atom is -0.361 e. The molecule has 0 bridgehead atoms. The molecule has 0 aliphatic carbocycles. The average molecular weight is 445 g/mol. The van der Waals surface area contributed by atoms with Gasteiger partial charge < -0.3 is 20.5 Å². The number of anilines is 2. The fourth-order valence-electron chi connectivity index (χ4n) is 4.56. The van der Waals surface area contributed by atoms with E-state index in [-0.39, 0.29) is 12.3 Å². The van der Waals surface area contributed by atoms with Gasteiger partial charge in [0, 0.05) is 36.0 Å². The average Bonchev–Trinajstić information content (AvgIpc) is 3.26. The normalized spacial score (nSPS) is 20.5. The molecule has 168 valence electrons.